The molecule has 4 heteroatoms. The number of hydrogen-bond donors (Lipinski definition) is 0. The van der Waals surface area contributed by atoms with Gasteiger partial charge in [0.05, 0.1) is 11.6 Å². The zero-order chi connectivity index (χ0) is 23.2. The third-order valence-corrected chi connectivity index (χ3v) is 5.68. The Morgan fingerprint density at radius 3 is 1.87 bits per heavy atom. The topological polar surface area (TPSA) is 46.6 Å². The monoisotopic (exact) mass is 419 g/mol. The predicted molar refractivity (Wildman–Crippen MR) is 125 cm³/mol. The number of rotatable bonds is 7. The van der Waals surface area contributed by atoms with Gasteiger partial charge in [-0.3, -0.25) is 4.79 Å². The summed E-state index contributed by atoms with van der Waals surface area (Å²) >= 11 is 0. The van der Waals surface area contributed by atoms with Crippen molar-refractivity contribution in [2.45, 2.75) is 53.2 Å². The first-order valence-electron chi connectivity index (χ1n) is 10.5. The van der Waals surface area contributed by atoms with Crippen molar-refractivity contribution in [3.8, 4) is 12.3 Å². The average Bonchev–Trinajstić information content (AvgIpc) is 2.75. The van der Waals surface area contributed by atoms with Crippen LogP contribution in [0, 0.1) is 23.2 Å². The Bertz CT molecular complexity index is 920. The van der Waals surface area contributed by atoms with E-state index < -0.39 is 11.5 Å². The van der Waals surface area contributed by atoms with E-state index in [0.29, 0.717) is 17.5 Å². The molecule has 0 aliphatic heterocycles. The second kappa shape index (κ2) is 9.83. The summed E-state index contributed by atoms with van der Waals surface area (Å²) in [5.41, 5.74) is 0.126. The van der Waals surface area contributed by atoms with Gasteiger partial charge in [0.25, 0.3) is 5.91 Å². The third-order valence-electron chi connectivity index (χ3n) is 5.68. The zero-order valence-corrected chi connectivity index (χ0v) is 19.4. The smallest absolute Gasteiger partial charge is 0.338 e. The molecule has 0 aliphatic rings. The van der Waals surface area contributed by atoms with E-state index in [1.165, 1.54) is 0 Å². The van der Waals surface area contributed by atoms with E-state index in [2.05, 4.69) is 5.92 Å². The molecular weight excluding hydrogens is 386 g/mol. The molecule has 0 radical (unpaired) electrons. The van der Waals surface area contributed by atoms with E-state index in [1.54, 1.807) is 48.3 Å². The lowest BCUT2D eigenvalue weighted by molar-refractivity contribution is -0.0222. The first kappa shape index (κ1) is 24.2. The number of hydrogen-bond acceptors (Lipinski definition) is 3. The summed E-state index contributed by atoms with van der Waals surface area (Å²) in [4.78, 5) is 27.6. The minimum absolute atomic E-state index is 0.115. The number of carbonyl (C=O) groups is 2. The summed E-state index contributed by atoms with van der Waals surface area (Å²) in [5.74, 6) is 2.34. The van der Waals surface area contributed by atoms with Crippen LogP contribution in [0.1, 0.15) is 61.8 Å². The van der Waals surface area contributed by atoms with Crippen molar-refractivity contribution in [1.29, 1.82) is 0 Å². The SMILES string of the molecule is C#CC(C)(C)C(CC(OC(=O)c1ccccc1)C(C)(C)C)N(C)C(=O)c1ccccc1. The van der Waals surface area contributed by atoms with Crippen LogP contribution in [0.3, 0.4) is 0 Å². The van der Waals surface area contributed by atoms with Crippen molar-refractivity contribution in [2.75, 3.05) is 7.05 Å². The lowest BCUT2D eigenvalue weighted by Gasteiger charge is -2.41. The Morgan fingerprint density at radius 2 is 1.42 bits per heavy atom. The van der Waals surface area contributed by atoms with E-state index in [4.69, 9.17) is 11.2 Å². The lowest BCUT2D eigenvalue weighted by atomic mass is 9.76. The molecule has 0 saturated carbocycles. The first-order valence-corrected chi connectivity index (χ1v) is 10.5. The van der Waals surface area contributed by atoms with Crippen LogP contribution in [-0.2, 0) is 4.74 Å². The van der Waals surface area contributed by atoms with Crippen LogP contribution in [-0.4, -0.2) is 36.0 Å². The highest BCUT2D eigenvalue weighted by molar-refractivity contribution is 5.94. The van der Waals surface area contributed by atoms with Crippen LogP contribution < -0.4 is 0 Å². The van der Waals surface area contributed by atoms with Gasteiger partial charge in [0, 0.05) is 24.4 Å². The first-order chi connectivity index (χ1) is 14.5. The van der Waals surface area contributed by atoms with Crippen LogP contribution in [0.5, 0.6) is 0 Å². The van der Waals surface area contributed by atoms with E-state index in [-0.39, 0.29) is 23.3 Å². The molecular formula is C27H33NO3. The number of nitrogens with zero attached hydrogens (tertiary/aromatic N) is 1. The van der Waals surface area contributed by atoms with Crippen LogP contribution in [0.25, 0.3) is 0 Å². The number of ether oxygens (including phenoxy) is 1. The highest BCUT2D eigenvalue weighted by atomic mass is 16.5. The van der Waals surface area contributed by atoms with Crippen molar-refractivity contribution >= 4 is 11.9 Å². The van der Waals surface area contributed by atoms with Gasteiger partial charge in [-0.05, 0) is 43.5 Å². The van der Waals surface area contributed by atoms with Crippen molar-refractivity contribution in [3.05, 3.63) is 71.8 Å². The second-order valence-electron chi connectivity index (χ2n) is 9.53. The molecule has 0 fully saturated rings. The fourth-order valence-corrected chi connectivity index (χ4v) is 3.51. The predicted octanol–water partition coefficient (Wildman–Crippen LogP) is 5.45. The number of carbonyl (C=O) groups excluding carboxylic acids is 2. The minimum atomic E-state index is -0.623. The van der Waals surface area contributed by atoms with Gasteiger partial charge in [0.1, 0.15) is 6.10 Å². The standard InChI is InChI=1S/C27H33NO3/c1-8-27(5,6)22(28(7)24(29)20-15-11-9-12-16-20)19-23(26(2,3)4)31-25(30)21-17-13-10-14-18-21/h1,9-18,22-23H,19H2,2-7H3. The van der Waals surface area contributed by atoms with Gasteiger partial charge in [-0.1, -0.05) is 63.1 Å². The van der Waals surface area contributed by atoms with E-state index >= 15 is 0 Å². The van der Waals surface area contributed by atoms with Gasteiger partial charge in [-0.2, -0.15) is 0 Å². The maximum Gasteiger partial charge on any atom is 0.338 e. The maximum atomic E-state index is 13.2. The quantitative estimate of drug-likeness (QED) is 0.443. The van der Waals surface area contributed by atoms with Gasteiger partial charge >= 0.3 is 5.97 Å². The van der Waals surface area contributed by atoms with Gasteiger partial charge in [-0.25, -0.2) is 4.79 Å². The van der Waals surface area contributed by atoms with Gasteiger partial charge in [0.2, 0.25) is 0 Å². The Hall–Kier alpha value is -3.06. The third kappa shape index (κ3) is 6.21. The molecule has 0 aromatic heterocycles. The van der Waals surface area contributed by atoms with Crippen molar-refractivity contribution in [3.63, 3.8) is 0 Å². The lowest BCUT2D eigenvalue weighted by Crippen LogP contribution is -2.49. The molecule has 0 saturated heterocycles. The van der Waals surface area contributed by atoms with Crippen molar-refractivity contribution in [2.24, 2.45) is 10.8 Å². The van der Waals surface area contributed by atoms with E-state index in [1.807, 2.05) is 58.9 Å². The summed E-state index contributed by atoms with van der Waals surface area (Å²) in [6.07, 6.45) is 5.85. The van der Waals surface area contributed by atoms with Gasteiger partial charge in [0.15, 0.2) is 0 Å². The Labute approximate surface area is 186 Å². The average molecular weight is 420 g/mol. The van der Waals surface area contributed by atoms with Gasteiger partial charge in [-0.15, -0.1) is 6.42 Å². The highest BCUT2D eigenvalue weighted by Gasteiger charge is 2.40. The summed E-state index contributed by atoms with van der Waals surface area (Å²) in [6.45, 7) is 9.94. The molecule has 2 aromatic rings. The molecule has 2 unspecified atom stereocenters. The van der Waals surface area contributed by atoms with Crippen molar-refractivity contribution < 1.29 is 14.3 Å². The molecule has 4 nitrogen and oxygen atoms in total. The van der Waals surface area contributed by atoms with Gasteiger partial charge < -0.3 is 9.64 Å². The molecule has 0 heterocycles. The molecule has 2 rings (SSSR count). The maximum absolute atomic E-state index is 13.2. The zero-order valence-electron chi connectivity index (χ0n) is 19.4. The van der Waals surface area contributed by atoms with Crippen LogP contribution >= 0.6 is 0 Å². The Balaban J connectivity index is 2.34. The molecule has 31 heavy (non-hydrogen) atoms. The highest BCUT2D eigenvalue weighted by Crippen LogP contribution is 2.35. The largest absolute Gasteiger partial charge is 0.458 e. The molecule has 1 amide bonds. The normalized spacial score (nSPS) is 13.6. The molecule has 2 aromatic carbocycles. The number of esters is 1. The minimum Gasteiger partial charge on any atom is -0.458 e. The second-order valence-corrected chi connectivity index (χ2v) is 9.53. The molecule has 0 spiro atoms. The molecule has 0 N–H and O–H groups in total. The Kier molecular flexibility index (Phi) is 7.68. The van der Waals surface area contributed by atoms with Crippen LogP contribution in [0.15, 0.2) is 60.7 Å². The van der Waals surface area contributed by atoms with E-state index in [9.17, 15) is 9.59 Å². The van der Waals surface area contributed by atoms with Crippen LogP contribution in [0.2, 0.25) is 0 Å². The summed E-state index contributed by atoms with van der Waals surface area (Å²) < 4.78 is 5.96. The van der Waals surface area contributed by atoms with Crippen molar-refractivity contribution in [1.82, 2.24) is 4.90 Å². The fourth-order valence-electron chi connectivity index (χ4n) is 3.51. The summed E-state index contributed by atoms with van der Waals surface area (Å²) in [7, 11) is 1.76. The van der Waals surface area contributed by atoms with E-state index in [0.717, 1.165) is 0 Å². The fraction of sp³-hybridized carbons (Fsp3) is 0.407. The summed E-state index contributed by atoms with van der Waals surface area (Å²) in [5, 5.41) is 0. The number of amides is 1. The molecule has 0 bridgehead atoms. The molecule has 164 valence electrons. The summed E-state index contributed by atoms with van der Waals surface area (Å²) in [6, 6.07) is 17.7. The number of terminal acetylenes is 1. The molecule has 0 aliphatic carbocycles. The van der Waals surface area contributed by atoms with Crippen LogP contribution in [0.4, 0.5) is 0 Å². The molecule has 2 atom stereocenters. The number of benzene rings is 2. The Morgan fingerprint density at radius 1 is 0.935 bits per heavy atom.